The number of halogens is 1. The van der Waals surface area contributed by atoms with Gasteiger partial charge in [-0.15, -0.1) is 5.53 Å². The molecule has 1 aliphatic heterocycles. The molecule has 1 saturated carbocycles. The molecule has 3 heterocycles. The Kier molecular flexibility index (Phi) is 6.76. The van der Waals surface area contributed by atoms with Crippen LogP contribution in [0.15, 0.2) is 65.5 Å². The summed E-state index contributed by atoms with van der Waals surface area (Å²) in [5.41, 5.74) is 11.0. The van der Waals surface area contributed by atoms with E-state index in [-0.39, 0.29) is 17.0 Å². The van der Waals surface area contributed by atoms with Crippen LogP contribution < -0.4 is 27.2 Å². The van der Waals surface area contributed by atoms with Gasteiger partial charge in [0.25, 0.3) is 5.56 Å². The zero-order valence-electron chi connectivity index (χ0n) is 23.5. The van der Waals surface area contributed by atoms with Crippen LogP contribution in [0.3, 0.4) is 0 Å². The lowest BCUT2D eigenvalue weighted by Crippen LogP contribution is -2.38. The van der Waals surface area contributed by atoms with Gasteiger partial charge in [0.05, 0.1) is 33.5 Å². The van der Waals surface area contributed by atoms with E-state index in [4.69, 9.17) is 11.6 Å². The monoisotopic (exact) mass is 568 g/mol. The van der Waals surface area contributed by atoms with Crippen LogP contribution in [0.25, 0.3) is 21.7 Å². The molecule has 1 aliphatic carbocycles. The predicted molar refractivity (Wildman–Crippen MR) is 164 cm³/mol. The van der Waals surface area contributed by atoms with Crippen molar-refractivity contribution in [3.8, 4) is 6.07 Å². The van der Waals surface area contributed by atoms with Gasteiger partial charge >= 0.3 is 0 Å². The number of fused-ring (bicyclic) bond motifs is 2. The zero-order chi connectivity index (χ0) is 28.9. The second kappa shape index (κ2) is 10.3. The minimum Gasteiger partial charge on any atom is -0.383 e. The number of rotatable bonds is 7. The SMILES string of the molecule is Cn1ccc2c([C@H](Nc3cc(Cl)c4ncc(C#N)c(NCC(C)(C)C)c4c3)C3=CN(C4CC4)NN3)cccc2c1=O. The number of pyridine rings is 2. The van der Waals surface area contributed by atoms with E-state index in [9.17, 15) is 10.1 Å². The van der Waals surface area contributed by atoms with Crippen LogP contribution in [0, 0.1) is 16.7 Å². The van der Waals surface area contributed by atoms with Crippen LogP contribution in [0.2, 0.25) is 5.02 Å². The van der Waals surface area contributed by atoms with Gasteiger partial charge < -0.3 is 20.6 Å². The Bertz CT molecular complexity index is 1790. The summed E-state index contributed by atoms with van der Waals surface area (Å²) in [6, 6.07) is 14.0. The summed E-state index contributed by atoms with van der Waals surface area (Å²) < 4.78 is 1.59. The Balaban J connectivity index is 1.48. The first-order valence-electron chi connectivity index (χ1n) is 13.8. The van der Waals surface area contributed by atoms with Gasteiger partial charge in [0.1, 0.15) is 6.07 Å². The smallest absolute Gasteiger partial charge is 0.258 e. The largest absolute Gasteiger partial charge is 0.383 e. The normalized spacial score (nSPS) is 15.9. The molecule has 4 aromatic rings. The average Bonchev–Trinajstić information content (AvgIpc) is 3.68. The van der Waals surface area contributed by atoms with Crippen molar-refractivity contribution in [2.75, 3.05) is 17.2 Å². The molecule has 0 amide bonds. The maximum absolute atomic E-state index is 13.0. The molecule has 0 unspecified atom stereocenters. The molecule has 0 bridgehead atoms. The summed E-state index contributed by atoms with van der Waals surface area (Å²) in [6.07, 6.45) is 7.73. The lowest BCUT2D eigenvalue weighted by atomic mass is 9.96. The molecule has 2 aromatic heterocycles. The van der Waals surface area contributed by atoms with Crippen LogP contribution in [0.4, 0.5) is 11.4 Å². The minimum atomic E-state index is -0.339. The fourth-order valence-electron chi connectivity index (χ4n) is 5.15. The molecule has 2 aromatic carbocycles. The molecule has 0 radical (unpaired) electrons. The second-order valence-corrected chi connectivity index (χ2v) is 12.4. The molecule has 6 rings (SSSR count). The van der Waals surface area contributed by atoms with Crippen molar-refractivity contribution in [1.29, 1.82) is 5.26 Å². The molecule has 9 nitrogen and oxygen atoms in total. The van der Waals surface area contributed by atoms with E-state index < -0.39 is 0 Å². The number of aromatic nitrogens is 2. The lowest BCUT2D eigenvalue weighted by Gasteiger charge is -2.24. The van der Waals surface area contributed by atoms with Gasteiger partial charge in [-0.3, -0.25) is 14.8 Å². The Labute approximate surface area is 243 Å². The van der Waals surface area contributed by atoms with E-state index in [1.807, 2.05) is 36.4 Å². The molecule has 210 valence electrons. The van der Waals surface area contributed by atoms with Crippen molar-refractivity contribution < 1.29 is 0 Å². The van der Waals surface area contributed by atoms with Gasteiger partial charge in [-0.05, 0) is 53.5 Å². The number of benzene rings is 2. The molecule has 41 heavy (non-hydrogen) atoms. The van der Waals surface area contributed by atoms with Crippen molar-refractivity contribution in [3.05, 3.63) is 87.2 Å². The predicted octanol–water partition coefficient (Wildman–Crippen LogP) is 5.55. The number of anilines is 2. The summed E-state index contributed by atoms with van der Waals surface area (Å²) in [4.78, 5) is 17.5. The maximum atomic E-state index is 13.0. The van der Waals surface area contributed by atoms with Crippen LogP contribution in [-0.2, 0) is 7.05 Å². The molecule has 10 heteroatoms. The van der Waals surface area contributed by atoms with Gasteiger partial charge in [0.15, 0.2) is 0 Å². The quantitative estimate of drug-likeness (QED) is 0.230. The van der Waals surface area contributed by atoms with E-state index in [1.165, 1.54) is 0 Å². The van der Waals surface area contributed by atoms with Crippen molar-refractivity contribution in [2.45, 2.75) is 45.7 Å². The molecule has 1 fully saturated rings. The third kappa shape index (κ3) is 5.29. The van der Waals surface area contributed by atoms with E-state index >= 15 is 0 Å². The fourth-order valence-corrected chi connectivity index (χ4v) is 5.42. The summed E-state index contributed by atoms with van der Waals surface area (Å²) >= 11 is 6.81. The molecule has 0 spiro atoms. The van der Waals surface area contributed by atoms with Gasteiger partial charge in [-0.2, -0.15) is 5.26 Å². The highest BCUT2D eigenvalue weighted by atomic mass is 35.5. The van der Waals surface area contributed by atoms with Crippen molar-refractivity contribution in [1.82, 2.24) is 25.5 Å². The van der Waals surface area contributed by atoms with Gasteiger partial charge in [0, 0.05) is 54.7 Å². The number of hydrazine groups is 2. The topological polar surface area (TPSA) is 110 Å². The summed E-state index contributed by atoms with van der Waals surface area (Å²) in [7, 11) is 1.76. The fraction of sp³-hybridized carbons (Fsp3) is 0.323. The van der Waals surface area contributed by atoms with Gasteiger partial charge in [-0.25, -0.2) is 0 Å². The van der Waals surface area contributed by atoms with Crippen molar-refractivity contribution in [3.63, 3.8) is 0 Å². The summed E-state index contributed by atoms with van der Waals surface area (Å²) in [5.74, 6) is 0. The average molecular weight is 569 g/mol. The number of aryl methyl sites for hydroxylation is 1. The third-order valence-electron chi connectivity index (χ3n) is 7.48. The van der Waals surface area contributed by atoms with Crippen molar-refractivity contribution in [2.24, 2.45) is 12.5 Å². The van der Waals surface area contributed by atoms with E-state index in [2.05, 4.69) is 64.6 Å². The first kappa shape index (κ1) is 26.9. The molecule has 0 saturated heterocycles. The van der Waals surface area contributed by atoms with E-state index in [1.54, 1.807) is 24.0 Å². The molecular formula is C31H33ClN8O. The molecular weight excluding hydrogens is 536 g/mol. The highest BCUT2D eigenvalue weighted by molar-refractivity contribution is 6.35. The lowest BCUT2D eigenvalue weighted by molar-refractivity contribution is 0.260. The number of nitrogens with zero attached hydrogens (tertiary/aromatic N) is 4. The highest BCUT2D eigenvalue weighted by Gasteiger charge is 2.33. The van der Waals surface area contributed by atoms with E-state index in [0.717, 1.165) is 40.6 Å². The zero-order valence-corrected chi connectivity index (χ0v) is 24.3. The Hall–Kier alpha value is -4.26. The van der Waals surface area contributed by atoms with Crippen LogP contribution >= 0.6 is 11.6 Å². The number of hydrogen-bond acceptors (Lipinski definition) is 8. The minimum absolute atomic E-state index is 0.000456. The van der Waals surface area contributed by atoms with Crippen LogP contribution in [-0.4, -0.2) is 27.1 Å². The maximum Gasteiger partial charge on any atom is 0.258 e. The van der Waals surface area contributed by atoms with Gasteiger partial charge in [-0.1, -0.05) is 44.5 Å². The number of hydrogen-bond donors (Lipinski definition) is 4. The first-order valence-corrected chi connectivity index (χ1v) is 14.1. The Morgan fingerprint density at radius 3 is 2.73 bits per heavy atom. The van der Waals surface area contributed by atoms with Gasteiger partial charge in [0.2, 0.25) is 0 Å². The second-order valence-electron chi connectivity index (χ2n) is 12.0. The van der Waals surface area contributed by atoms with Crippen molar-refractivity contribution >= 4 is 44.7 Å². The highest BCUT2D eigenvalue weighted by Crippen LogP contribution is 2.38. The number of nitrogens with one attached hydrogen (secondary N) is 4. The Morgan fingerprint density at radius 2 is 2.00 bits per heavy atom. The Morgan fingerprint density at radius 1 is 1.20 bits per heavy atom. The molecule has 2 aliphatic rings. The summed E-state index contributed by atoms with van der Waals surface area (Å²) in [5, 5.41) is 21.9. The first-order chi connectivity index (χ1) is 19.6. The summed E-state index contributed by atoms with van der Waals surface area (Å²) in [6.45, 7) is 7.08. The number of nitriles is 1. The third-order valence-corrected chi connectivity index (χ3v) is 7.77. The molecule has 4 N–H and O–H groups in total. The van der Waals surface area contributed by atoms with Crippen LogP contribution in [0.1, 0.15) is 50.8 Å². The molecule has 1 atom stereocenters. The van der Waals surface area contributed by atoms with E-state index in [0.29, 0.717) is 39.8 Å². The standard InChI is InChI=1S/C31H33ClN8O/c1-31(2,3)17-35-27-18(14-33)15-34-28-24(27)12-19(13-25(28)32)36-29(26-16-40(38-37-26)20-8-9-20)22-6-5-7-23-21(22)10-11-39(4)30(23)41/h5-7,10-13,15-16,20,29,36-38H,8-9,17H2,1-4H3,(H,34,35)/t29-/m0/s1. The van der Waals surface area contributed by atoms with Crippen LogP contribution in [0.5, 0.6) is 0 Å².